The zero-order valence-electron chi connectivity index (χ0n) is 14.1. The van der Waals surface area contributed by atoms with Gasteiger partial charge in [0.25, 0.3) is 11.8 Å². The third-order valence-corrected chi connectivity index (χ3v) is 4.04. The van der Waals surface area contributed by atoms with Gasteiger partial charge in [-0.15, -0.1) is 0 Å². The Morgan fingerprint density at radius 2 is 1.81 bits per heavy atom. The second kappa shape index (κ2) is 7.32. The number of benzene rings is 1. The predicted molar refractivity (Wildman–Crippen MR) is 94.8 cm³/mol. The van der Waals surface area contributed by atoms with Crippen LogP contribution in [-0.4, -0.2) is 51.9 Å². The molecular weight excluding hydrogens is 336 g/mol. The van der Waals surface area contributed by atoms with Gasteiger partial charge in [-0.05, 0) is 31.2 Å². The molecule has 1 atom stereocenters. The van der Waals surface area contributed by atoms with Gasteiger partial charge in [-0.2, -0.15) is 0 Å². The van der Waals surface area contributed by atoms with Crippen molar-refractivity contribution in [2.45, 2.75) is 13.0 Å². The number of nitrogens with zero attached hydrogens (tertiary/aromatic N) is 2. The molecule has 0 saturated heterocycles. The number of aliphatic hydroxyl groups is 1. The number of aromatic nitrogens is 1. The maximum atomic E-state index is 12.5. The van der Waals surface area contributed by atoms with Crippen molar-refractivity contribution in [1.82, 2.24) is 9.88 Å². The Kier molecular flexibility index (Phi) is 4.94. The average Bonchev–Trinajstić information content (AvgIpc) is 2.91. The van der Waals surface area contributed by atoms with Crippen LogP contribution in [0.3, 0.4) is 0 Å². The predicted octanol–water partition coefficient (Wildman–Crippen LogP) is 1.11. The van der Waals surface area contributed by atoms with Crippen LogP contribution in [0, 0.1) is 0 Å². The van der Waals surface area contributed by atoms with Crippen molar-refractivity contribution in [3.63, 3.8) is 0 Å². The topological polar surface area (TPSA) is 112 Å². The first kappa shape index (κ1) is 17.6. The summed E-state index contributed by atoms with van der Waals surface area (Å²) in [4.78, 5) is 42.4. The van der Waals surface area contributed by atoms with Crippen LogP contribution in [0.2, 0.25) is 0 Å². The van der Waals surface area contributed by atoms with Gasteiger partial charge in [-0.25, -0.2) is 4.98 Å². The molecule has 134 valence electrons. The number of rotatable bonds is 6. The zero-order chi connectivity index (χ0) is 18.7. The molecule has 8 nitrogen and oxygen atoms in total. The summed E-state index contributed by atoms with van der Waals surface area (Å²) in [6.07, 6.45) is 1.45. The van der Waals surface area contributed by atoms with Gasteiger partial charge in [0.1, 0.15) is 11.9 Å². The molecule has 0 fully saturated rings. The molecule has 2 heterocycles. The van der Waals surface area contributed by atoms with Gasteiger partial charge in [0.05, 0.1) is 29.6 Å². The van der Waals surface area contributed by atoms with E-state index < -0.39 is 23.8 Å². The molecule has 1 aromatic heterocycles. The van der Waals surface area contributed by atoms with Crippen LogP contribution < -0.4 is 10.6 Å². The molecule has 26 heavy (non-hydrogen) atoms. The van der Waals surface area contributed by atoms with E-state index in [0.717, 1.165) is 4.90 Å². The Morgan fingerprint density at radius 1 is 1.15 bits per heavy atom. The first-order valence-electron chi connectivity index (χ1n) is 8.11. The van der Waals surface area contributed by atoms with E-state index in [1.807, 2.05) is 0 Å². The SMILES string of the molecule is CC(C(=O)Nc1ccc(NCCO)nc1)N1C(=O)c2ccccc2C1=O. The molecule has 1 aliphatic rings. The van der Waals surface area contributed by atoms with E-state index in [1.165, 1.54) is 13.1 Å². The minimum absolute atomic E-state index is 0.0159. The Balaban J connectivity index is 1.69. The third-order valence-electron chi connectivity index (χ3n) is 4.04. The smallest absolute Gasteiger partial charge is 0.262 e. The first-order valence-corrected chi connectivity index (χ1v) is 8.11. The lowest BCUT2D eigenvalue weighted by Crippen LogP contribution is -2.45. The number of pyridine rings is 1. The molecule has 3 N–H and O–H groups in total. The van der Waals surface area contributed by atoms with Crippen molar-refractivity contribution in [2.24, 2.45) is 0 Å². The van der Waals surface area contributed by atoms with Gasteiger partial charge in [-0.3, -0.25) is 19.3 Å². The molecule has 3 amide bonds. The number of fused-ring (bicyclic) bond motifs is 1. The molecule has 0 bridgehead atoms. The van der Waals surface area contributed by atoms with Crippen LogP contribution in [0.15, 0.2) is 42.6 Å². The lowest BCUT2D eigenvalue weighted by atomic mass is 10.1. The summed E-state index contributed by atoms with van der Waals surface area (Å²) in [5, 5.41) is 14.3. The average molecular weight is 354 g/mol. The van der Waals surface area contributed by atoms with Crippen molar-refractivity contribution in [3.05, 3.63) is 53.7 Å². The highest BCUT2D eigenvalue weighted by atomic mass is 16.3. The van der Waals surface area contributed by atoms with Crippen molar-refractivity contribution in [3.8, 4) is 0 Å². The highest BCUT2D eigenvalue weighted by Crippen LogP contribution is 2.25. The minimum atomic E-state index is -0.963. The zero-order valence-corrected chi connectivity index (χ0v) is 14.1. The molecular formula is C18H18N4O4. The Morgan fingerprint density at radius 3 is 2.35 bits per heavy atom. The van der Waals surface area contributed by atoms with E-state index >= 15 is 0 Å². The Bertz CT molecular complexity index is 816. The van der Waals surface area contributed by atoms with Crippen LogP contribution >= 0.6 is 0 Å². The molecule has 1 aromatic carbocycles. The number of carbonyl (C=O) groups is 3. The molecule has 8 heteroatoms. The number of anilines is 2. The molecule has 3 rings (SSSR count). The van der Waals surface area contributed by atoms with Crippen molar-refractivity contribution in [1.29, 1.82) is 0 Å². The van der Waals surface area contributed by atoms with Gasteiger partial charge in [0.2, 0.25) is 5.91 Å². The Hall–Kier alpha value is -3.26. The van der Waals surface area contributed by atoms with Gasteiger partial charge in [0, 0.05) is 6.54 Å². The maximum absolute atomic E-state index is 12.5. The number of imide groups is 1. The normalized spacial score (nSPS) is 14.2. The summed E-state index contributed by atoms with van der Waals surface area (Å²) in [5.41, 5.74) is 1.05. The number of nitrogens with one attached hydrogen (secondary N) is 2. The van der Waals surface area contributed by atoms with Crippen LogP contribution in [0.25, 0.3) is 0 Å². The standard InChI is InChI=1S/C18H18N4O4/c1-11(22-17(25)13-4-2-3-5-14(13)18(22)26)16(24)21-12-6-7-15(20-10-12)19-8-9-23/h2-7,10-11,23H,8-9H2,1H3,(H,19,20)(H,21,24). The van der Waals surface area contributed by atoms with Gasteiger partial charge in [-0.1, -0.05) is 12.1 Å². The molecule has 2 aromatic rings. The van der Waals surface area contributed by atoms with Crippen LogP contribution in [-0.2, 0) is 4.79 Å². The second-order valence-corrected chi connectivity index (χ2v) is 5.77. The molecule has 0 spiro atoms. The lowest BCUT2D eigenvalue weighted by molar-refractivity contribution is -0.119. The quantitative estimate of drug-likeness (QED) is 0.670. The summed E-state index contributed by atoms with van der Waals surface area (Å²) in [6, 6.07) is 8.82. The highest BCUT2D eigenvalue weighted by Gasteiger charge is 2.40. The van der Waals surface area contributed by atoms with E-state index in [4.69, 9.17) is 5.11 Å². The fraction of sp³-hybridized carbons (Fsp3) is 0.222. The Labute approximate surface area is 149 Å². The summed E-state index contributed by atoms with van der Waals surface area (Å²) in [7, 11) is 0. The largest absolute Gasteiger partial charge is 0.395 e. The number of aliphatic hydroxyl groups excluding tert-OH is 1. The van der Waals surface area contributed by atoms with Gasteiger partial charge in [0.15, 0.2) is 0 Å². The minimum Gasteiger partial charge on any atom is -0.395 e. The maximum Gasteiger partial charge on any atom is 0.262 e. The van der Waals surface area contributed by atoms with E-state index in [-0.39, 0.29) is 6.61 Å². The molecule has 0 aliphatic carbocycles. The second-order valence-electron chi connectivity index (χ2n) is 5.77. The van der Waals surface area contributed by atoms with Crippen molar-refractivity contribution < 1.29 is 19.5 Å². The number of carbonyl (C=O) groups excluding carboxylic acids is 3. The third kappa shape index (κ3) is 3.27. The fourth-order valence-corrected chi connectivity index (χ4v) is 2.68. The highest BCUT2D eigenvalue weighted by molar-refractivity contribution is 6.23. The van der Waals surface area contributed by atoms with Crippen molar-refractivity contribution >= 4 is 29.2 Å². The van der Waals surface area contributed by atoms with Gasteiger partial charge >= 0.3 is 0 Å². The van der Waals surface area contributed by atoms with Crippen LogP contribution in [0.4, 0.5) is 11.5 Å². The number of hydrogen-bond acceptors (Lipinski definition) is 6. The number of hydrogen-bond donors (Lipinski definition) is 3. The monoisotopic (exact) mass is 354 g/mol. The van der Waals surface area contributed by atoms with Crippen molar-refractivity contribution in [2.75, 3.05) is 23.8 Å². The van der Waals surface area contributed by atoms with E-state index in [2.05, 4.69) is 15.6 Å². The summed E-state index contributed by atoms with van der Waals surface area (Å²) in [5.74, 6) is -0.882. The van der Waals surface area contributed by atoms with Crippen LogP contribution in [0.5, 0.6) is 0 Å². The van der Waals surface area contributed by atoms with E-state index in [9.17, 15) is 14.4 Å². The molecule has 1 aliphatic heterocycles. The summed E-state index contributed by atoms with van der Waals surface area (Å²) < 4.78 is 0. The molecule has 1 unspecified atom stereocenters. The van der Waals surface area contributed by atoms with E-state index in [1.54, 1.807) is 36.4 Å². The summed E-state index contributed by atoms with van der Waals surface area (Å²) in [6.45, 7) is 1.86. The summed E-state index contributed by atoms with van der Waals surface area (Å²) >= 11 is 0. The molecule has 0 radical (unpaired) electrons. The van der Waals surface area contributed by atoms with E-state index in [0.29, 0.717) is 29.2 Å². The first-order chi connectivity index (χ1) is 12.5. The number of amides is 3. The fourth-order valence-electron chi connectivity index (χ4n) is 2.68. The molecule has 0 saturated carbocycles. The lowest BCUT2D eigenvalue weighted by Gasteiger charge is -2.21. The van der Waals surface area contributed by atoms with Gasteiger partial charge < -0.3 is 15.7 Å². The van der Waals surface area contributed by atoms with Crippen LogP contribution in [0.1, 0.15) is 27.6 Å².